The van der Waals surface area contributed by atoms with E-state index in [2.05, 4.69) is 29.2 Å². The van der Waals surface area contributed by atoms with Crippen LogP contribution >= 0.6 is 0 Å². The van der Waals surface area contributed by atoms with Crippen molar-refractivity contribution in [2.75, 3.05) is 19.6 Å². The fourth-order valence-electron chi connectivity index (χ4n) is 5.29. The Morgan fingerprint density at radius 1 is 0.853 bits per heavy atom. The molecule has 3 atom stereocenters. The van der Waals surface area contributed by atoms with Crippen LogP contribution in [0, 0.1) is 0 Å². The van der Waals surface area contributed by atoms with Gasteiger partial charge in [-0.1, -0.05) is 66.7 Å². The van der Waals surface area contributed by atoms with Gasteiger partial charge in [-0.25, -0.2) is 4.98 Å². The van der Waals surface area contributed by atoms with Crippen LogP contribution in [-0.2, 0) is 11.3 Å². The van der Waals surface area contributed by atoms with Crippen LogP contribution in [0.25, 0.3) is 0 Å². The lowest BCUT2D eigenvalue weighted by Crippen LogP contribution is -2.47. The molecule has 6 heteroatoms. The molecule has 174 valence electrons. The van der Waals surface area contributed by atoms with Gasteiger partial charge in [-0.3, -0.25) is 9.59 Å². The predicted molar refractivity (Wildman–Crippen MR) is 131 cm³/mol. The van der Waals surface area contributed by atoms with E-state index in [4.69, 9.17) is 5.73 Å². The second-order valence-corrected chi connectivity index (χ2v) is 9.22. The largest absolute Gasteiger partial charge is 0.340 e. The highest BCUT2D eigenvalue weighted by Gasteiger charge is 2.43. The Morgan fingerprint density at radius 2 is 1.53 bits per heavy atom. The van der Waals surface area contributed by atoms with Crippen molar-refractivity contribution in [1.82, 2.24) is 14.8 Å². The fraction of sp³-hybridized carbons (Fsp3) is 0.321. The minimum Gasteiger partial charge on any atom is -0.340 e. The Balaban J connectivity index is 1.39. The maximum absolute atomic E-state index is 13.8. The van der Waals surface area contributed by atoms with E-state index < -0.39 is 6.04 Å². The van der Waals surface area contributed by atoms with Gasteiger partial charge in [-0.15, -0.1) is 0 Å². The molecule has 2 fully saturated rings. The molecule has 3 unspecified atom stereocenters. The molecule has 1 aromatic heterocycles. The van der Waals surface area contributed by atoms with Gasteiger partial charge in [0.05, 0.1) is 5.69 Å². The second-order valence-electron chi connectivity index (χ2n) is 9.22. The van der Waals surface area contributed by atoms with Crippen molar-refractivity contribution in [3.63, 3.8) is 0 Å². The van der Waals surface area contributed by atoms with Crippen molar-refractivity contribution in [3.8, 4) is 0 Å². The number of amides is 2. The van der Waals surface area contributed by atoms with E-state index in [9.17, 15) is 9.59 Å². The van der Waals surface area contributed by atoms with Crippen LogP contribution in [0.15, 0.2) is 78.9 Å². The van der Waals surface area contributed by atoms with E-state index in [0.29, 0.717) is 43.4 Å². The number of nitrogens with two attached hydrogens (primary N) is 1. The Labute approximate surface area is 200 Å². The Bertz CT molecular complexity index is 1150. The first kappa shape index (κ1) is 22.3. The van der Waals surface area contributed by atoms with Gasteiger partial charge in [0.1, 0.15) is 11.7 Å². The van der Waals surface area contributed by atoms with E-state index >= 15 is 0 Å². The highest BCUT2D eigenvalue weighted by molar-refractivity contribution is 5.97. The number of carbonyl (C=O) groups is 2. The van der Waals surface area contributed by atoms with Crippen molar-refractivity contribution in [2.24, 2.45) is 5.73 Å². The zero-order valence-electron chi connectivity index (χ0n) is 19.2. The zero-order chi connectivity index (χ0) is 23.5. The minimum absolute atomic E-state index is 0.0418. The number of likely N-dealkylation sites (tertiary alicyclic amines) is 2. The molecule has 2 aliphatic rings. The highest BCUT2D eigenvalue weighted by Crippen LogP contribution is 2.35. The van der Waals surface area contributed by atoms with Crippen LogP contribution in [0.4, 0.5) is 0 Å². The monoisotopic (exact) mass is 454 g/mol. The number of aromatic nitrogens is 1. The van der Waals surface area contributed by atoms with Gasteiger partial charge in [0.2, 0.25) is 5.91 Å². The van der Waals surface area contributed by atoms with Gasteiger partial charge in [-0.2, -0.15) is 0 Å². The third kappa shape index (κ3) is 4.46. The summed E-state index contributed by atoms with van der Waals surface area (Å²) < 4.78 is 0. The van der Waals surface area contributed by atoms with E-state index in [1.807, 2.05) is 47.4 Å². The molecule has 5 rings (SSSR count). The summed E-state index contributed by atoms with van der Waals surface area (Å²) in [5.41, 5.74) is 9.17. The summed E-state index contributed by atoms with van der Waals surface area (Å²) in [6.07, 6.45) is 1.57. The van der Waals surface area contributed by atoms with Crippen LogP contribution in [0.2, 0.25) is 0 Å². The Hall–Kier alpha value is -3.51. The standard InChI is InChI=1S/C28H30N4O2/c29-17-24-12-7-13-25(30-24)27(33)32-19-23(21-10-5-2-6-11-21)16-26(32)28(34)31-15-14-22(18-31)20-8-3-1-4-9-20/h1-13,22-23,26H,14-19,29H2. The van der Waals surface area contributed by atoms with Crippen molar-refractivity contribution >= 4 is 11.8 Å². The van der Waals surface area contributed by atoms with Crippen LogP contribution in [0.1, 0.15) is 52.0 Å². The van der Waals surface area contributed by atoms with Crippen LogP contribution in [0.3, 0.4) is 0 Å². The minimum atomic E-state index is -0.490. The second kappa shape index (κ2) is 9.77. The Morgan fingerprint density at radius 3 is 2.21 bits per heavy atom. The summed E-state index contributed by atoms with van der Waals surface area (Å²) in [5, 5.41) is 0. The summed E-state index contributed by atoms with van der Waals surface area (Å²) in [5.74, 6) is 0.291. The topological polar surface area (TPSA) is 79.5 Å². The number of carbonyl (C=O) groups excluding carboxylic acids is 2. The molecule has 2 aliphatic heterocycles. The van der Waals surface area contributed by atoms with Crippen LogP contribution in [-0.4, -0.2) is 52.3 Å². The number of hydrogen-bond acceptors (Lipinski definition) is 4. The lowest BCUT2D eigenvalue weighted by atomic mass is 9.96. The van der Waals surface area contributed by atoms with Gasteiger partial charge >= 0.3 is 0 Å². The summed E-state index contributed by atoms with van der Waals surface area (Å²) in [4.78, 5) is 35.4. The van der Waals surface area contributed by atoms with Crippen molar-refractivity contribution in [1.29, 1.82) is 0 Å². The van der Waals surface area contributed by atoms with E-state index in [1.165, 1.54) is 5.56 Å². The number of hydrogen-bond donors (Lipinski definition) is 1. The van der Waals surface area contributed by atoms with E-state index in [-0.39, 0.29) is 24.3 Å². The summed E-state index contributed by atoms with van der Waals surface area (Å²) in [6, 6.07) is 25.4. The van der Waals surface area contributed by atoms with Crippen molar-refractivity contribution < 1.29 is 9.59 Å². The molecule has 6 nitrogen and oxygen atoms in total. The molecule has 2 aromatic carbocycles. The maximum atomic E-state index is 13.8. The number of benzene rings is 2. The third-order valence-electron chi connectivity index (χ3n) is 7.12. The first-order valence-corrected chi connectivity index (χ1v) is 12.0. The van der Waals surface area contributed by atoms with Crippen molar-refractivity contribution in [2.45, 2.75) is 37.3 Å². The first-order chi connectivity index (χ1) is 16.6. The lowest BCUT2D eigenvalue weighted by Gasteiger charge is -2.28. The summed E-state index contributed by atoms with van der Waals surface area (Å²) in [6.45, 7) is 2.18. The molecule has 0 bridgehead atoms. The zero-order valence-corrected chi connectivity index (χ0v) is 19.2. The normalized spacial score (nSPS) is 22.2. The fourth-order valence-corrected chi connectivity index (χ4v) is 5.29. The Kier molecular flexibility index (Phi) is 6.41. The number of nitrogens with zero attached hydrogens (tertiary/aromatic N) is 3. The molecule has 2 saturated heterocycles. The predicted octanol–water partition coefficient (Wildman–Crippen LogP) is 3.55. The molecule has 0 radical (unpaired) electrons. The van der Waals surface area contributed by atoms with Crippen LogP contribution in [0.5, 0.6) is 0 Å². The smallest absolute Gasteiger partial charge is 0.273 e. The average molecular weight is 455 g/mol. The highest BCUT2D eigenvalue weighted by atomic mass is 16.2. The van der Waals surface area contributed by atoms with Crippen molar-refractivity contribution in [3.05, 3.63) is 101 Å². The van der Waals surface area contributed by atoms with Crippen LogP contribution < -0.4 is 5.73 Å². The maximum Gasteiger partial charge on any atom is 0.273 e. The molecule has 34 heavy (non-hydrogen) atoms. The quantitative estimate of drug-likeness (QED) is 0.639. The molecular formula is C28H30N4O2. The van der Waals surface area contributed by atoms with Gasteiger partial charge in [0.15, 0.2) is 0 Å². The summed E-state index contributed by atoms with van der Waals surface area (Å²) in [7, 11) is 0. The lowest BCUT2D eigenvalue weighted by molar-refractivity contribution is -0.134. The molecule has 3 aromatic rings. The van der Waals surface area contributed by atoms with Gasteiger partial charge < -0.3 is 15.5 Å². The summed E-state index contributed by atoms with van der Waals surface area (Å²) >= 11 is 0. The molecule has 2 amide bonds. The number of rotatable bonds is 5. The molecule has 0 saturated carbocycles. The van der Waals surface area contributed by atoms with Gasteiger partial charge in [-0.05, 0) is 36.1 Å². The SMILES string of the molecule is NCc1cccc(C(=O)N2CC(c3ccccc3)CC2C(=O)N2CCC(c3ccccc3)C2)n1. The molecule has 2 N–H and O–H groups in total. The van der Waals surface area contributed by atoms with E-state index in [0.717, 1.165) is 12.0 Å². The number of pyridine rings is 1. The average Bonchev–Trinajstić information content (AvgIpc) is 3.57. The van der Waals surface area contributed by atoms with E-state index in [1.54, 1.807) is 17.0 Å². The van der Waals surface area contributed by atoms with Gasteiger partial charge in [0.25, 0.3) is 5.91 Å². The first-order valence-electron chi connectivity index (χ1n) is 12.0. The molecule has 0 aliphatic carbocycles. The third-order valence-corrected chi connectivity index (χ3v) is 7.12. The molecule has 3 heterocycles. The molecular weight excluding hydrogens is 424 g/mol. The molecule has 0 spiro atoms. The van der Waals surface area contributed by atoms with Gasteiger partial charge in [0, 0.05) is 38.0 Å².